The van der Waals surface area contributed by atoms with Crippen LogP contribution in [0.2, 0.25) is 0 Å². The van der Waals surface area contributed by atoms with Gasteiger partial charge in [0.05, 0.1) is 6.10 Å². The molecule has 112 valence electrons. The van der Waals surface area contributed by atoms with Crippen molar-refractivity contribution in [3.8, 4) is 0 Å². The van der Waals surface area contributed by atoms with Gasteiger partial charge in [-0.2, -0.15) is 0 Å². The van der Waals surface area contributed by atoms with Crippen molar-refractivity contribution >= 4 is 0 Å². The van der Waals surface area contributed by atoms with Gasteiger partial charge in [-0.05, 0) is 37.8 Å². The molecule has 0 amide bonds. The maximum Gasteiger partial charge on any atom is 0.126 e. The smallest absolute Gasteiger partial charge is 0.126 e. The average molecular weight is 280 g/mol. The van der Waals surface area contributed by atoms with Crippen LogP contribution in [0.5, 0.6) is 0 Å². The van der Waals surface area contributed by atoms with Crippen molar-refractivity contribution in [2.24, 2.45) is 5.73 Å². The number of likely N-dealkylation sites (tertiary alicyclic amines) is 1. The molecule has 0 spiro atoms. The molecule has 20 heavy (non-hydrogen) atoms. The summed E-state index contributed by atoms with van der Waals surface area (Å²) in [5, 5.41) is 0. The van der Waals surface area contributed by atoms with E-state index in [1.54, 1.807) is 13.2 Å². The number of ether oxygens (including phenoxy) is 1. The van der Waals surface area contributed by atoms with E-state index >= 15 is 0 Å². The fourth-order valence-electron chi connectivity index (χ4n) is 3.00. The van der Waals surface area contributed by atoms with E-state index in [2.05, 4.69) is 11.8 Å². The van der Waals surface area contributed by atoms with Crippen LogP contribution in [0.3, 0.4) is 0 Å². The van der Waals surface area contributed by atoms with Gasteiger partial charge < -0.3 is 10.5 Å². The van der Waals surface area contributed by atoms with Crippen molar-refractivity contribution in [3.05, 3.63) is 35.6 Å². The van der Waals surface area contributed by atoms with E-state index in [1.165, 1.54) is 6.07 Å². The first-order valence-corrected chi connectivity index (χ1v) is 7.30. The third kappa shape index (κ3) is 3.37. The van der Waals surface area contributed by atoms with Crippen molar-refractivity contribution < 1.29 is 9.13 Å². The van der Waals surface area contributed by atoms with E-state index in [9.17, 15) is 4.39 Å². The lowest BCUT2D eigenvalue weighted by atomic mass is 9.88. The van der Waals surface area contributed by atoms with Gasteiger partial charge in [0.15, 0.2) is 0 Å². The fourth-order valence-corrected chi connectivity index (χ4v) is 3.00. The summed E-state index contributed by atoms with van der Waals surface area (Å²) < 4.78 is 19.3. The highest BCUT2D eigenvalue weighted by Crippen LogP contribution is 2.26. The molecule has 1 saturated heterocycles. The Hall–Kier alpha value is -0.970. The molecule has 1 fully saturated rings. The van der Waals surface area contributed by atoms with E-state index in [0.717, 1.165) is 31.5 Å². The molecule has 2 rings (SSSR count). The molecule has 0 saturated carbocycles. The second-order valence-corrected chi connectivity index (χ2v) is 5.89. The van der Waals surface area contributed by atoms with Crippen LogP contribution in [0.4, 0.5) is 4.39 Å². The van der Waals surface area contributed by atoms with Gasteiger partial charge in [-0.25, -0.2) is 4.39 Å². The molecule has 1 heterocycles. The van der Waals surface area contributed by atoms with E-state index in [1.807, 2.05) is 12.1 Å². The van der Waals surface area contributed by atoms with Gasteiger partial charge in [-0.3, -0.25) is 4.90 Å². The molecule has 0 aromatic heterocycles. The van der Waals surface area contributed by atoms with E-state index in [0.29, 0.717) is 19.1 Å². The van der Waals surface area contributed by atoms with Crippen LogP contribution < -0.4 is 5.73 Å². The first-order chi connectivity index (χ1) is 9.59. The normalized spacial score (nSPS) is 20.8. The van der Waals surface area contributed by atoms with Crippen molar-refractivity contribution in [1.29, 1.82) is 0 Å². The zero-order valence-electron chi connectivity index (χ0n) is 12.4. The Kier molecular flexibility index (Phi) is 5.13. The average Bonchev–Trinajstić information content (AvgIpc) is 2.49. The SMILES string of the molecule is COC1CCN(C(C)(CN)Cc2ccccc2F)CC1. The summed E-state index contributed by atoms with van der Waals surface area (Å²) in [6.07, 6.45) is 3.03. The maximum absolute atomic E-state index is 13.9. The third-order valence-corrected chi connectivity index (χ3v) is 4.51. The van der Waals surface area contributed by atoms with Crippen LogP contribution in [-0.2, 0) is 11.2 Å². The minimum Gasteiger partial charge on any atom is -0.381 e. The summed E-state index contributed by atoms with van der Waals surface area (Å²) in [5.41, 5.74) is 6.56. The molecule has 1 aromatic rings. The van der Waals surface area contributed by atoms with Gasteiger partial charge in [-0.1, -0.05) is 18.2 Å². The number of methoxy groups -OCH3 is 1. The topological polar surface area (TPSA) is 38.5 Å². The molecule has 3 nitrogen and oxygen atoms in total. The molecule has 2 N–H and O–H groups in total. The lowest BCUT2D eigenvalue weighted by molar-refractivity contribution is 0.00340. The fraction of sp³-hybridized carbons (Fsp3) is 0.625. The van der Waals surface area contributed by atoms with Crippen LogP contribution >= 0.6 is 0 Å². The minimum absolute atomic E-state index is 0.140. The molecule has 1 aromatic carbocycles. The number of benzene rings is 1. The maximum atomic E-state index is 13.9. The second-order valence-electron chi connectivity index (χ2n) is 5.89. The molecule has 1 atom stereocenters. The van der Waals surface area contributed by atoms with Crippen molar-refractivity contribution in [2.75, 3.05) is 26.7 Å². The molecule has 0 aliphatic carbocycles. The molecule has 0 radical (unpaired) electrons. The van der Waals surface area contributed by atoms with Gasteiger partial charge in [0.2, 0.25) is 0 Å². The molecular formula is C16H25FN2O. The summed E-state index contributed by atoms with van der Waals surface area (Å²) in [4.78, 5) is 2.38. The van der Waals surface area contributed by atoms with Crippen LogP contribution in [0.25, 0.3) is 0 Å². The highest BCUT2D eigenvalue weighted by molar-refractivity contribution is 5.20. The third-order valence-electron chi connectivity index (χ3n) is 4.51. The van der Waals surface area contributed by atoms with Crippen molar-refractivity contribution in [2.45, 2.75) is 37.8 Å². The number of piperidine rings is 1. The zero-order valence-corrected chi connectivity index (χ0v) is 12.4. The molecule has 1 aliphatic rings. The van der Waals surface area contributed by atoms with Crippen LogP contribution in [-0.4, -0.2) is 43.3 Å². The number of nitrogens with two attached hydrogens (primary N) is 1. The molecule has 4 heteroatoms. The highest BCUT2D eigenvalue weighted by Gasteiger charge is 2.34. The summed E-state index contributed by atoms with van der Waals surface area (Å²) >= 11 is 0. The van der Waals surface area contributed by atoms with E-state index in [4.69, 9.17) is 10.5 Å². The monoisotopic (exact) mass is 280 g/mol. The molecular weight excluding hydrogens is 255 g/mol. The Morgan fingerprint density at radius 2 is 2.00 bits per heavy atom. The summed E-state index contributed by atoms with van der Waals surface area (Å²) in [5.74, 6) is -0.140. The lowest BCUT2D eigenvalue weighted by Gasteiger charge is -2.44. The first kappa shape index (κ1) is 15.4. The number of hydrogen-bond acceptors (Lipinski definition) is 3. The summed E-state index contributed by atoms with van der Waals surface area (Å²) in [6.45, 7) is 4.58. The standard InChI is InChI=1S/C16H25FN2O/c1-16(12-18,11-13-5-3-4-6-15(13)17)19-9-7-14(20-2)8-10-19/h3-6,14H,7-12,18H2,1-2H3. The quantitative estimate of drug-likeness (QED) is 0.898. The summed E-state index contributed by atoms with van der Waals surface area (Å²) in [6, 6.07) is 6.98. The Bertz CT molecular complexity index is 432. The predicted molar refractivity (Wildman–Crippen MR) is 79.2 cm³/mol. The van der Waals surface area contributed by atoms with Crippen molar-refractivity contribution in [3.63, 3.8) is 0 Å². The lowest BCUT2D eigenvalue weighted by Crippen LogP contribution is -2.56. The van der Waals surface area contributed by atoms with Crippen LogP contribution in [0.1, 0.15) is 25.3 Å². The van der Waals surface area contributed by atoms with Crippen molar-refractivity contribution in [1.82, 2.24) is 4.90 Å². The number of hydrogen-bond donors (Lipinski definition) is 1. The predicted octanol–water partition coefficient (Wildman–Crippen LogP) is 2.20. The number of rotatable bonds is 5. The second kappa shape index (κ2) is 6.66. The zero-order chi connectivity index (χ0) is 14.6. The molecule has 0 bridgehead atoms. The van der Waals surface area contributed by atoms with Gasteiger partial charge in [-0.15, -0.1) is 0 Å². The Morgan fingerprint density at radius 1 is 1.35 bits per heavy atom. The number of halogens is 1. The van der Waals surface area contributed by atoms with E-state index in [-0.39, 0.29) is 11.4 Å². The largest absolute Gasteiger partial charge is 0.381 e. The summed E-state index contributed by atoms with van der Waals surface area (Å²) in [7, 11) is 1.77. The van der Waals surface area contributed by atoms with Gasteiger partial charge >= 0.3 is 0 Å². The minimum atomic E-state index is -0.194. The Morgan fingerprint density at radius 3 is 2.55 bits per heavy atom. The van der Waals surface area contributed by atoms with Crippen LogP contribution in [0, 0.1) is 5.82 Å². The molecule has 1 aliphatic heterocycles. The number of nitrogens with zero attached hydrogens (tertiary/aromatic N) is 1. The highest BCUT2D eigenvalue weighted by atomic mass is 19.1. The van der Waals surface area contributed by atoms with Crippen LogP contribution in [0.15, 0.2) is 24.3 Å². The van der Waals surface area contributed by atoms with Gasteiger partial charge in [0, 0.05) is 32.3 Å². The van der Waals surface area contributed by atoms with Gasteiger partial charge in [0.25, 0.3) is 0 Å². The first-order valence-electron chi connectivity index (χ1n) is 7.30. The Labute approximate surface area is 120 Å². The Balaban J connectivity index is 2.08. The van der Waals surface area contributed by atoms with E-state index < -0.39 is 0 Å². The van der Waals surface area contributed by atoms with Gasteiger partial charge in [0.1, 0.15) is 5.82 Å². The molecule has 1 unspecified atom stereocenters.